The number of fused-ring (bicyclic) bond motifs is 3. The first-order valence-corrected chi connectivity index (χ1v) is 19.8. The summed E-state index contributed by atoms with van der Waals surface area (Å²) in [4.78, 5) is 10.3. The summed E-state index contributed by atoms with van der Waals surface area (Å²) in [6.45, 7) is 20.3. The molecule has 278 valence electrons. The number of ether oxygens (including phenoxy) is 2. The van der Waals surface area contributed by atoms with E-state index in [1.807, 2.05) is 6.20 Å². The number of pyridine rings is 1. The van der Waals surface area contributed by atoms with Gasteiger partial charge in [-0.2, -0.15) is 0 Å². The molecule has 1 fully saturated rings. The van der Waals surface area contributed by atoms with Crippen molar-refractivity contribution in [2.24, 2.45) is 10.9 Å². The third kappa shape index (κ3) is 6.94. The lowest BCUT2D eigenvalue weighted by atomic mass is 9.86. The van der Waals surface area contributed by atoms with Gasteiger partial charge in [0, 0.05) is 28.6 Å². The largest absolute Gasteiger partial charge is 0.467 e. The summed E-state index contributed by atoms with van der Waals surface area (Å²) in [6.07, 6.45) is 6.80. The van der Waals surface area contributed by atoms with E-state index in [9.17, 15) is 0 Å². The summed E-state index contributed by atoms with van der Waals surface area (Å²) in [5, 5.41) is 2.39. The quantitative estimate of drug-likeness (QED) is 0.172. The molecule has 0 N–H and O–H groups in total. The first-order valence-electron chi connectivity index (χ1n) is 19.8. The molecule has 0 amide bonds. The number of nitrogens with zero attached hydrogens (tertiary/aromatic N) is 3. The van der Waals surface area contributed by atoms with Crippen molar-refractivity contribution in [2.75, 3.05) is 0 Å². The van der Waals surface area contributed by atoms with Gasteiger partial charge in [-0.3, -0.25) is 4.57 Å². The van der Waals surface area contributed by atoms with Crippen molar-refractivity contribution in [3.63, 3.8) is 0 Å². The number of hydrogen-bond acceptors (Lipinski definition) is 4. The maximum Gasteiger partial charge on any atom is 0.217 e. The lowest BCUT2D eigenvalue weighted by Gasteiger charge is -2.23. The molecule has 1 aliphatic carbocycles. The minimum absolute atomic E-state index is 0.00847. The molecule has 0 radical (unpaired) electrons. The van der Waals surface area contributed by atoms with Crippen LogP contribution in [-0.2, 0) is 21.0 Å². The van der Waals surface area contributed by atoms with Crippen LogP contribution in [-0.4, -0.2) is 21.5 Å². The lowest BCUT2D eigenvalue weighted by molar-refractivity contribution is 0.168. The minimum Gasteiger partial charge on any atom is -0.467 e. The summed E-state index contributed by atoms with van der Waals surface area (Å²) in [6, 6.07) is 35.0. The molecule has 0 spiro atoms. The van der Waals surface area contributed by atoms with Crippen molar-refractivity contribution in [1.29, 1.82) is 0 Å². The van der Waals surface area contributed by atoms with Crippen LogP contribution in [0.5, 0.6) is 11.5 Å². The summed E-state index contributed by atoms with van der Waals surface area (Å²) in [5.74, 6) is 3.69. The second kappa shape index (κ2) is 13.4. The Morgan fingerprint density at radius 1 is 0.630 bits per heavy atom. The predicted octanol–water partition coefficient (Wildman–Crippen LogP) is 12.9. The molecule has 54 heavy (non-hydrogen) atoms. The second-order valence-corrected chi connectivity index (χ2v) is 18.7. The zero-order chi connectivity index (χ0) is 38.0. The van der Waals surface area contributed by atoms with Gasteiger partial charge in [0.05, 0.1) is 17.1 Å². The Bertz CT molecular complexity index is 2360. The Labute approximate surface area is 321 Å². The third-order valence-corrected chi connectivity index (χ3v) is 11.5. The average Bonchev–Trinajstić information content (AvgIpc) is 3.89. The van der Waals surface area contributed by atoms with Crippen LogP contribution in [0.15, 0.2) is 108 Å². The Hall–Kier alpha value is -4.90. The summed E-state index contributed by atoms with van der Waals surface area (Å²) >= 11 is 0. The molecule has 4 aromatic carbocycles. The minimum atomic E-state index is -0.109. The van der Waals surface area contributed by atoms with Crippen molar-refractivity contribution in [1.82, 2.24) is 9.55 Å². The molecule has 2 atom stereocenters. The number of hydrogen-bond donors (Lipinski definition) is 0. The van der Waals surface area contributed by atoms with Crippen LogP contribution in [0.25, 0.3) is 27.6 Å². The highest BCUT2D eigenvalue weighted by Gasteiger charge is 2.39. The highest BCUT2D eigenvalue weighted by atomic mass is 16.5. The molecule has 0 saturated heterocycles. The standard InChI is InChI=1S/C49H55N3O2/c1-47(2,3)34-19-22-41-40(28-34)39-21-20-37(30-42(39)52(41)43-29-35(23-24-50-43)48(4,5)6)53-38-26-33(25-36(27-38)49(7,8)9)46-51-44(31-15-13-14-16-31)45(54-46)32-17-11-10-12-18-32/h10-12,17-31,44-45H,13-16H2,1-9H3/t44-,45+/m1/s1. The smallest absolute Gasteiger partial charge is 0.217 e. The van der Waals surface area contributed by atoms with Crippen LogP contribution < -0.4 is 4.74 Å². The van der Waals surface area contributed by atoms with Gasteiger partial charge in [0.25, 0.3) is 0 Å². The fourth-order valence-electron chi connectivity index (χ4n) is 8.26. The fraction of sp³-hybridized carbons (Fsp3) is 0.388. The molecule has 8 rings (SSSR count). The molecule has 6 aromatic rings. The van der Waals surface area contributed by atoms with E-state index in [0.29, 0.717) is 11.8 Å². The normalized spacial score (nSPS) is 18.4. The number of benzene rings is 4. The molecule has 1 aliphatic heterocycles. The number of rotatable bonds is 6. The van der Waals surface area contributed by atoms with Gasteiger partial charge in [0.15, 0.2) is 0 Å². The van der Waals surface area contributed by atoms with Crippen molar-refractivity contribution >= 4 is 27.7 Å². The average molecular weight is 718 g/mol. The number of aromatic nitrogens is 2. The second-order valence-electron chi connectivity index (χ2n) is 18.7. The zero-order valence-corrected chi connectivity index (χ0v) is 33.5. The monoisotopic (exact) mass is 717 g/mol. The molecule has 5 nitrogen and oxygen atoms in total. The predicted molar refractivity (Wildman–Crippen MR) is 224 cm³/mol. The Morgan fingerprint density at radius 3 is 2.04 bits per heavy atom. The Balaban J connectivity index is 1.23. The summed E-state index contributed by atoms with van der Waals surface area (Å²) < 4.78 is 16.0. The van der Waals surface area contributed by atoms with Gasteiger partial charge in [-0.15, -0.1) is 0 Å². The van der Waals surface area contributed by atoms with E-state index in [4.69, 9.17) is 19.5 Å². The van der Waals surface area contributed by atoms with Crippen LogP contribution in [0.3, 0.4) is 0 Å². The highest BCUT2D eigenvalue weighted by Crippen LogP contribution is 2.43. The molecular formula is C49H55N3O2. The van der Waals surface area contributed by atoms with E-state index < -0.39 is 0 Å². The molecule has 2 aliphatic rings. The number of aliphatic imine (C=N–C) groups is 1. The zero-order valence-electron chi connectivity index (χ0n) is 33.5. The van der Waals surface area contributed by atoms with Crippen LogP contribution >= 0.6 is 0 Å². The molecule has 0 unspecified atom stereocenters. The van der Waals surface area contributed by atoms with E-state index in [-0.39, 0.29) is 28.4 Å². The molecule has 3 heterocycles. The van der Waals surface area contributed by atoms with Gasteiger partial charge in [-0.25, -0.2) is 9.98 Å². The van der Waals surface area contributed by atoms with Crippen LogP contribution in [0.1, 0.15) is 122 Å². The topological polar surface area (TPSA) is 48.6 Å². The molecule has 1 saturated carbocycles. The first-order chi connectivity index (χ1) is 25.6. The van der Waals surface area contributed by atoms with E-state index in [1.165, 1.54) is 58.7 Å². The molecular weight excluding hydrogens is 663 g/mol. The van der Waals surface area contributed by atoms with Crippen molar-refractivity contribution in [3.05, 3.63) is 131 Å². The fourth-order valence-corrected chi connectivity index (χ4v) is 8.26. The molecule has 0 bridgehead atoms. The van der Waals surface area contributed by atoms with Gasteiger partial charge >= 0.3 is 0 Å². The van der Waals surface area contributed by atoms with Gasteiger partial charge in [-0.05, 0) is 112 Å². The summed E-state index contributed by atoms with van der Waals surface area (Å²) in [5.41, 5.74) is 7.98. The van der Waals surface area contributed by atoms with Crippen molar-refractivity contribution < 1.29 is 9.47 Å². The van der Waals surface area contributed by atoms with Crippen LogP contribution in [0.4, 0.5) is 0 Å². The highest BCUT2D eigenvalue weighted by molar-refractivity contribution is 6.09. The Morgan fingerprint density at radius 2 is 1.33 bits per heavy atom. The van der Waals surface area contributed by atoms with Gasteiger partial charge in [-0.1, -0.05) is 112 Å². The van der Waals surface area contributed by atoms with E-state index in [2.05, 4.69) is 164 Å². The van der Waals surface area contributed by atoms with E-state index >= 15 is 0 Å². The van der Waals surface area contributed by atoms with Gasteiger partial charge in [0.1, 0.15) is 23.4 Å². The summed E-state index contributed by atoms with van der Waals surface area (Å²) in [7, 11) is 0. The molecule has 5 heteroatoms. The van der Waals surface area contributed by atoms with Crippen LogP contribution in [0, 0.1) is 5.92 Å². The third-order valence-electron chi connectivity index (χ3n) is 11.5. The van der Waals surface area contributed by atoms with Crippen LogP contribution in [0.2, 0.25) is 0 Å². The maximum atomic E-state index is 6.86. The maximum absolute atomic E-state index is 6.86. The van der Waals surface area contributed by atoms with Gasteiger partial charge < -0.3 is 9.47 Å². The Kier molecular flexibility index (Phi) is 8.98. The van der Waals surface area contributed by atoms with Crippen molar-refractivity contribution in [3.8, 4) is 17.3 Å². The first kappa shape index (κ1) is 36.1. The van der Waals surface area contributed by atoms with Gasteiger partial charge in [0.2, 0.25) is 5.90 Å². The van der Waals surface area contributed by atoms with E-state index in [1.54, 1.807) is 0 Å². The lowest BCUT2D eigenvalue weighted by Crippen LogP contribution is -2.22. The van der Waals surface area contributed by atoms with E-state index in [0.717, 1.165) is 33.9 Å². The van der Waals surface area contributed by atoms with Crippen molar-refractivity contribution in [2.45, 2.75) is 116 Å². The molecule has 2 aromatic heterocycles. The SMILES string of the molecule is CC(C)(C)c1cc(Oc2ccc3c4cc(C(C)(C)C)ccc4n(-c4cc(C(C)(C)C)ccn4)c3c2)cc(C2=N[C@H](C3CCCC3)[C@H](c3ccccc3)O2)c1.